The van der Waals surface area contributed by atoms with Crippen LogP contribution >= 0.6 is 0 Å². The van der Waals surface area contributed by atoms with Crippen LogP contribution < -0.4 is 0 Å². The molecule has 0 aliphatic heterocycles. The van der Waals surface area contributed by atoms with E-state index >= 15 is 0 Å². The number of likely N-dealkylation sites (N-methyl/N-ethyl adjacent to an activating group) is 1. The average molecular weight is 345 g/mol. The summed E-state index contributed by atoms with van der Waals surface area (Å²) < 4.78 is 5.95. The van der Waals surface area contributed by atoms with Crippen LogP contribution in [-0.2, 0) is 14.3 Å². The quantitative estimate of drug-likeness (QED) is 0.295. The number of carbonyl (C=O) groups excluding carboxylic acids is 1. The second-order valence-corrected chi connectivity index (χ2v) is 8.03. The molecule has 0 aromatic rings. The standard InChI is InChI=1S/C19H37NO4/c1-6-7-11-16(2)12-9-8-10-13-19(23)24-17(14-18(21)22)15-20(3,4)5/h16-17H,6-15H2,1-5H3/p+1. The summed E-state index contributed by atoms with van der Waals surface area (Å²) in [5, 5.41) is 8.95. The van der Waals surface area contributed by atoms with Gasteiger partial charge in [-0.05, 0) is 12.3 Å². The van der Waals surface area contributed by atoms with Gasteiger partial charge in [0.2, 0.25) is 0 Å². The number of carboxylic acid groups (broad SMARTS) is 1. The first-order valence-electron chi connectivity index (χ1n) is 9.35. The van der Waals surface area contributed by atoms with Crippen molar-refractivity contribution in [2.24, 2.45) is 5.92 Å². The van der Waals surface area contributed by atoms with Crippen molar-refractivity contribution in [1.82, 2.24) is 0 Å². The van der Waals surface area contributed by atoms with Gasteiger partial charge in [0.25, 0.3) is 0 Å². The number of unbranched alkanes of at least 4 members (excludes halogenated alkanes) is 3. The predicted octanol–water partition coefficient (Wildman–Crippen LogP) is 3.86. The van der Waals surface area contributed by atoms with Crippen LogP contribution in [0.2, 0.25) is 0 Å². The lowest BCUT2D eigenvalue weighted by Crippen LogP contribution is -2.43. The van der Waals surface area contributed by atoms with Gasteiger partial charge in [0.05, 0.1) is 27.6 Å². The second-order valence-electron chi connectivity index (χ2n) is 8.03. The lowest BCUT2D eigenvalue weighted by atomic mass is 9.97. The number of nitrogens with zero attached hydrogens (tertiary/aromatic N) is 1. The van der Waals surface area contributed by atoms with E-state index in [4.69, 9.17) is 9.84 Å². The molecule has 0 fully saturated rings. The van der Waals surface area contributed by atoms with E-state index in [1.165, 1.54) is 25.7 Å². The Labute approximate surface area is 148 Å². The van der Waals surface area contributed by atoms with Gasteiger partial charge in [-0.3, -0.25) is 9.59 Å². The summed E-state index contributed by atoms with van der Waals surface area (Å²) in [7, 11) is 5.88. The average Bonchev–Trinajstić information content (AvgIpc) is 2.42. The van der Waals surface area contributed by atoms with E-state index in [-0.39, 0.29) is 12.4 Å². The molecule has 0 aliphatic rings. The van der Waals surface area contributed by atoms with Crippen LogP contribution in [0.25, 0.3) is 0 Å². The number of ether oxygens (including phenoxy) is 1. The molecule has 24 heavy (non-hydrogen) atoms. The van der Waals surface area contributed by atoms with Crippen molar-refractivity contribution < 1.29 is 23.9 Å². The minimum atomic E-state index is -0.928. The molecule has 0 rings (SSSR count). The number of hydrogen-bond donors (Lipinski definition) is 1. The molecular weight excluding hydrogens is 306 g/mol. The Hall–Kier alpha value is -1.10. The SMILES string of the molecule is CCCCC(C)CCCCCC(=O)OC(CC(=O)O)C[N+](C)(C)C. The van der Waals surface area contributed by atoms with Crippen molar-refractivity contribution >= 4 is 11.9 Å². The molecule has 0 heterocycles. The molecule has 0 aromatic heterocycles. The van der Waals surface area contributed by atoms with E-state index in [9.17, 15) is 9.59 Å². The summed E-state index contributed by atoms with van der Waals surface area (Å²) in [6.45, 7) is 5.02. The summed E-state index contributed by atoms with van der Waals surface area (Å²) in [5.41, 5.74) is 0. The fraction of sp³-hybridized carbons (Fsp3) is 0.895. The van der Waals surface area contributed by atoms with Gasteiger partial charge in [0, 0.05) is 6.42 Å². The predicted molar refractivity (Wildman–Crippen MR) is 96.8 cm³/mol. The minimum Gasteiger partial charge on any atom is -0.481 e. The van der Waals surface area contributed by atoms with Crippen LogP contribution in [0.5, 0.6) is 0 Å². The molecule has 1 N–H and O–H groups in total. The molecule has 0 aliphatic carbocycles. The largest absolute Gasteiger partial charge is 0.481 e. The van der Waals surface area contributed by atoms with E-state index in [1.807, 2.05) is 21.1 Å². The van der Waals surface area contributed by atoms with E-state index in [0.29, 0.717) is 17.4 Å². The Bertz CT molecular complexity index is 363. The van der Waals surface area contributed by atoms with Gasteiger partial charge in [-0.25, -0.2) is 0 Å². The van der Waals surface area contributed by atoms with Gasteiger partial charge in [0.15, 0.2) is 6.10 Å². The van der Waals surface area contributed by atoms with Crippen molar-refractivity contribution in [2.45, 2.75) is 77.7 Å². The molecule has 142 valence electrons. The van der Waals surface area contributed by atoms with Crippen LogP contribution in [-0.4, -0.2) is 55.3 Å². The molecule has 2 atom stereocenters. The maximum Gasteiger partial charge on any atom is 0.307 e. The van der Waals surface area contributed by atoms with Gasteiger partial charge in [-0.15, -0.1) is 0 Å². The van der Waals surface area contributed by atoms with E-state index in [2.05, 4.69) is 13.8 Å². The monoisotopic (exact) mass is 344 g/mol. The Morgan fingerprint density at radius 3 is 2.21 bits per heavy atom. The molecule has 0 radical (unpaired) electrons. The number of carboxylic acids is 1. The first kappa shape index (κ1) is 22.9. The number of hydrogen-bond acceptors (Lipinski definition) is 3. The van der Waals surface area contributed by atoms with Crippen molar-refractivity contribution in [3.05, 3.63) is 0 Å². The van der Waals surface area contributed by atoms with E-state index in [0.717, 1.165) is 25.2 Å². The fourth-order valence-corrected chi connectivity index (χ4v) is 2.83. The maximum atomic E-state index is 11.9. The Morgan fingerprint density at radius 2 is 1.67 bits per heavy atom. The number of esters is 1. The molecule has 5 heteroatoms. The summed E-state index contributed by atoms with van der Waals surface area (Å²) in [5.74, 6) is -0.433. The highest BCUT2D eigenvalue weighted by molar-refractivity contribution is 5.71. The summed E-state index contributed by atoms with van der Waals surface area (Å²) in [4.78, 5) is 22.9. The molecule has 2 unspecified atom stereocenters. The van der Waals surface area contributed by atoms with Crippen molar-refractivity contribution in [3.8, 4) is 0 Å². The van der Waals surface area contributed by atoms with Gasteiger partial charge in [0.1, 0.15) is 6.54 Å². The summed E-state index contributed by atoms with van der Waals surface area (Å²) >= 11 is 0. The zero-order valence-corrected chi connectivity index (χ0v) is 16.3. The summed E-state index contributed by atoms with van der Waals surface area (Å²) in [6, 6.07) is 0. The Balaban J connectivity index is 3.97. The third kappa shape index (κ3) is 14.5. The van der Waals surface area contributed by atoms with Crippen LogP contribution in [0.1, 0.15) is 71.6 Å². The molecule has 0 amide bonds. The highest BCUT2D eigenvalue weighted by Gasteiger charge is 2.24. The van der Waals surface area contributed by atoms with Gasteiger partial charge in [-0.1, -0.05) is 52.4 Å². The lowest BCUT2D eigenvalue weighted by molar-refractivity contribution is -0.873. The molecule has 5 nitrogen and oxygen atoms in total. The highest BCUT2D eigenvalue weighted by Crippen LogP contribution is 2.16. The number of aliphatic carboxylic acids is 1. The zero-order valence-electron chi connectivity index (χ0n) is 16.3. The molecule has 0 saturated heterocycles. The van der Waals surface area contributed by atoms with Crippen LogP contribution in [0.3, 0.4) is 0 Å². The second kappa shape index (κ2) is 12.3. The van der Waals surface area contributed by atoms with Crippen molar-refractivity contribution in [3.63, 3.8) is 0 Å². The van der Waals surface area contributed by atoms with Gasteiger partial charge >= 0.3 is 11.9 Å². The Morgan fingerprint density at radius 1 is 1.04 bits per heavy atom. The van der Waals surface area contributed by atoms with Crippen molar-refractivity contribution in [2.75, 3.05) is 27.7 Å². The first-order valence-corrected chi connectivity index (χ1v) is 9.35. The smallest absolute Gasteiger partial charge is 0.307 e. The third-order valence-corrected chi connectivity index (χ3v) is 4.08. The zero-order chi connectivity index (χ0) is 18.6. The van der Waals surface area contributed by atoms with Crippen LogP contribution in [0, 0.1) is 5.92 Å². The minimum absolute atomic E-state index is 0.129. The molecule has 0 aromatic carbocycles. The summed E-state index contributed by atoms with van der Waals surface area (Å²) in [6.07, 6.45) is 7.77. The molecule has 0 bridgehead atoms. The van der Waals surface area contributed by atoms with Crippen molar-refractivity contribution in [1.29, 1.82) is 0 Å². The normalized spacial score (nSPS) is 14.2. The van der Waals surface area contributed by atoms with Crippen LogP contribution in [0.15, 0.2) is 0 Å². The number of quaternary nitrogens is 1. The first-order chi connectivity index (χ1) is 11.1. The molecule has 0 saturated carbocycles. The van der Waals surface area contributed by atoms with E-state index in [1.54, 1.807) is 0 Å². The van der Waals surface area contributed by atoms with Gasteiger partial charge < -0.3 is 14.3 Å². The molecule has 0 spiro atoms. The topological polar surface area (TPSA) is 63.6 Å². The highest BCUT2D eigenvalue weighted by atomic mass is 16.5. The van der Waals surface area contributed by atoms with Gasteiger partial charge in [-0.2, -0.15) is 0 Å². The van der Waals surface area contributed by atoms with Crippen LogP contribution in [0.4, 0.5) is 0 Å². The maximum absolute atomic E-state index is 11.9. The Kier molecular flexibility index (Phi) is 11.7. The fourth-order valence-electron chi connectivity index (χ4n) is 2.83. The molecular formula is C19H38NO4+. The lowest BCUT2D eigenvalue weighted by Gasteiger charge is -2.28. The van der Waals surface area contributed by atoms with E-state index < -0.39 is 12.1 Å². The number of carbonyl (C=O) groups is 2. The number of rotatable bonds is 14. The third-order valence-electron chi connectivity index (χ3n) is 4.08.